The number of nitrogens with two attached hydrogens (primary N) is 1. The van der Waals surface area contributed by atoms with E-state index < -0.39 is 0 Å². The van der Waals surface area contributed by atoms with E-state index in [2.05, 4.69) is 27.7 Å². The fraction of sp³-hybridized carbons (Fsp3) is 0.562. The van der Waals surface area contributed by atoms with E-state index in [1.807, 2.05) is 29.2 Å². The van der Waals surface area contributed by atoms with Crippen LogP contribution in [0.2, 0.25) is 0 Å². The zero-order valence-electron chi connectivity index (χ0n) is 12.5. The fourth-order valence-electron chi connectivity index (χ4n) is 2.15. The number of amides is 1. The van der Waals surface area contributed by atoms with Gasteiger partial charge in [0.25, 0.3) is 0 Å². The molecular formula is C16H26N2O. The van der Waals surface area contributed by atoms with Crippen molar-refractivity contribution in [2.24, 2.45) is 11.8 Å². The Kier molecular flexibility index (Phi) is 5.87. The van der Waals surface area contributed by atoms with Gasteiger partial charge < -0.3 is 10.6 Å². The predicted molar refractivity (Wildman–Crippen MR) is 80.8 cm³/mol. The summed E-state index contributed by atoms with van der Waals surface area (Å²) < 4.78 is 0. The van der Waals surface area contributed by atoms with Crippen molar-refractivity contribution in [3.63, 3.8) is 0 Å². The standard InChI is InChI=1S/C16H26N2O/c1-12(2)10-18(11-13(3)4)16(19)9-14-6-5-7-15(17)8-14/h5-8,12-13H,9-11,17H2,1-4H3. The third-order valence-corrected chi connectivity index (χ3v) is 2.83. The highest BCUT2D eigenvalue weighted by atomic mass is 16.2. The summed E-state index contributed by atoms with van der Waals surface area (Å²) in [6.45, 7) is 10.2. The van der Waals surface area contributed by atoms with Gasteiger partial charge in [-0.15, -0.1) is 0 Å². The predicted octanol–water partition coefficient (Wildman–Crippen LogP) is 2.95. The van der Waals surface area contributed by atoms with Crippen LogP contribution in [0, 0.1) is 11.8 Å². The Balaban J connectivity index is 2.70. The maximum Gasteiger partial charge on any atom is 0.227 e. The molecule has 0 aliphatic carbocycles. The summed E-state index contributed by atoms with van der Waals surface area (Å²) in [5.41, 5.74) is 7.45. The molecule has 19 heavy (non-hydrogen) atoms. The summed E-state index contributed by atoms with van der Waals surface area (Å²) in [7, 11) is 0. The maximum atomic E-state index is 12.4. The number of carbonyl (C=O) groups is 1. The number of carbonyl (C=O) groups excluding carboxylic acids is 1. The molecule has 1 rings (SSSR count). The van der Waals surface area contributed by atoms with E-state index in [1.54, 1.807) is 0 Å². The lowest BCUT2D eigenvalue weighted by molar-refractivity contribution is -0.131. The van der Waals surface area contributed by atoms with Crippen LogP contribution in [0.15, 0.2) is 24.3 Å². The van der Waals surface area contributed by atoms with Gasteiger partial charge in [0.1, 0.15) is 0 Å². The average Bonchev–Trinajstić information content (AvgIpc) is 2.26. The second kappa shape index (κ2) is 7.17. The van der Waals surface area contributed by atoms with E-state index in [9.17, 15) is 4.79 Å². The van der Waals surface area contributed by atoms with Crippen molar-refractivity contribution >= 4 is 11.6 Å². The number of anilines is 1. The molecule has 0 saturated carbocycles. The SMILES string of the molecule is CC(C)CN(CC(C)C)C(=O)Cc1cccc(N)c1. The minimum Gasteiger partial charge on any atom is -0.399 e. The first kappa shape index (κ1) is 15.5. The lowest BCUT2D eigenvalue weighted by atomic mass is 10.1. The Labute approximate surface area is 116 Å². The van der Waals surface area contributed by atoms with Gasteiger partial charge in [-0.3, -0.25) is 4.79 Å². The van der Waals surface area contributed by atoms with Gasteiger partial charge in [-0.25, -0.2) is 0 Å². The van der Waals surface area contributed by atoms with Crippen LogP contribution in [-0.2, 0) is 11.2 Å². The highest BCUT2D eigenvalue weighted by molar-refractivity contribution is 5.79. The molecule has 0 unspecified atom stereocenters. The summed E-state index contributed by atoms with van der Waals surface area (Å²) in [5.74, 6) is 1.17. The topological polar surface area (TPSA) is 46.3 Å². The molecular weight excluding hydrogens is 236 g/mol. The normalized spacial score (nSPS) is 11.1. The summed E-state index contributed by atoms with van der Waals surface area (Å²) >= 11 is 0. The van der Waals surface area contributed by atoms with Gasteiger partial charge >= 0.3 is 0 Å². The Hall–Kier alpha value is -1.51. The van der Waals surface area contributed by atoms with E-state index in [0.717, 1.165) is 18.7 Å². The average molecular weight is 262 g/mol. The molecule has 0 bridgehead atoms. The van der Waals surface area contributed by atoms with Gasteiger partial charge in [0.15, 0.2) is 0 Å². The van der Waals surface area contributed by atoms with Crippen LogP contribution in [0.25, 0.3) is 0 Å². The molecule has 0 aliphatic rings. The summed E-state index contributed by atoms with van der Waals surface area (Å²) in [5, 5.41) is 0. The highest BCUT2D eigenvalue weighted by Crippen LogP contribution is 2.11. The molecule has 0 atom stereocenters. The molecule has 1 aromatic rings. The van der Waals surface area contributed by atoms with Crippen molar-refractivity contribution < 1.29 is 4.79 Å². The molecule has 0 aliphatic heterocycles. The van der Waals surface area contributed by atoms with Crippen LogP contribution in [0.5, 0.6) is 0 Å². The summed E-state index contributed by atoms with van der Waals surface area (Å²) in [6.07, 6.45) is 0.435. The molecule has 0 spiro atoms. The molecule has 0 aromatic heterocycles. The monoisotopic (exact) mass is 262 g/mol. The highest BCUT2D eigenvalue weighted by Gasteiger charge is 2.16. The van der Waals surface area contributed by atoms with Gasteiger partial charge in [-0.2, -0.15) is 0 Å². The second-order valence-electron chi connectivity index (χ2n) is 6.01. The van der Waals surface area contributed by atoms with E-state index >= 15 is 0 Å². The van der Waals surface area contributed by atoms with E-state index in [4.69, 9.17) is 5.73 Å². The van der Waals surface area contributed by atoms with Gasteiger partial charge in [-0.1, -0.05) is 39.8 Å². The Morgan fingerprint density at radius 2 is 1.74 bits per heavy atom. The molecule has 0 saturated heterocycles. The van der Waals surface area contributed by atoms with Crippen molar-refractivity contribution in [1.29, 1.82) is 0 Å². The maximum absolute atomic E-state index is 12.4. The molecule has 0 radical (unpaired) electrons. The summed E-state index contributed by atoms with van der Waals surface area (Å²) in [4.78, 5) is 14.4. The zero-order chi connectivity index (χ0) is 14.4. The number of benzene rings is 1. The van der Waals surface area contributed by atoms with Crippen molar-refractivity contribution in [2.75, 3.05) is 18.8 Å². The Bertz CT molecular complexity index is 403. The zero-order valence-corrected chi connectivity index (χ0v) is 12.5. The molecule has 2 N–H and O–H groups in total. The van der Waals surface area contributed by atoms with Crippen LogP contribution in [0.3, 0.4) is 0 Å². The molecule has 3 heteroatoms. The number of rotatable bonds is 6. The number of nitrogen functional groups attached to an aromatic ring is 1. The van der Waals surface area contributed by atoms with E-state index in [0.29, 0.717) is 23.9 Å². The van der Waals surface area contributed by atoms with Crippen molar-refractivity contribution in [3.8, 4) is 0 Å². The first-order chi connectivity index (χ1) is 8.88. The lowest BCUT2D eigenvalue weighted by Crippen LogP contribution is -2.37. The van der Waals surface area contributed by atoms with Crippen LogP contribution in [0.1, 0.15) is 33.3 Å². The lowest BCUT2D eigenvalue weighted by Gasteiger charge is -2.26. The van der Waals surface area contributed by atoms with Crippen LogP contribution in [0.4, 0.5) is 5.69 Å². The molecule has 3 nitrogen and oxygen atoms in total. The first-order valence-corrected chi connectivity index (χ1v) is 7.00. The fourth-order valence-corrected chi connectivity index (χ4v) is 2.15. The van der Waals surface area contributed by atoms with Crippen LogP contribution >= 0.6 is 0 Å². The smallest absolute Gasteiger partial charge is 0.227 e. The van der Waals surface area contributed by atoms with Gasteiger partial charge in [0.05, 0.1) is 6.42 Å². The third-order valence-electron chi connectivity index (χ3n) is 2.83. The quantitative estimate of drug-likeness (QED) is 0.801. The molecule has 0 heterocycles. The minimum absolute atomic E-state index is 0.188. The number of nitrogens with zero attached hydrogens (tertiary/aromatic N) is 1. The Morgan fingerprint density at radius 3 is 2.21 bits per heavy atom. The molecule has 106 valence electrons. The second-order valence-corrected chi connectivity index (χ2v) is 6.01. The van der Waals surface area contributed by atoms with E-state index in [1.165, 1.54) is 0 Å². The minimum atomic E-state index is 0.188. The molecule has 1 amide bonds. The van der Waals surface area contributed by atoms with Crippen LogP contribution < -0.4 is 5.73 Å². The first-order valence-electron chi connectivity index (χ1n) is 7.00. The van der Waals surface area contributed by atoms with Crippen molar-refractivity contribution in [3.05, 3.63) is 29.8 Å². The molecule has 1 aromatic carbocycles. The van der Waals surface area contributed by atoms with Gasteiger partial charge in [-0.05, 0) is 29.5 Å². The van der Waals surface area contributed by atoms with E-state index in [-0.39, 0.29) is 5.91 Å². The van der Waals surface area contributed by atoms with Crippen LogP contribution in [-0.4, -0.2) is 23.9 Å². The van der Waals surface area contributed by atoms with Gasteiger partial charge in [0, 0.05) is 18.8 Å². The third kappa shape index (κ3) is 5.77. The summed E-state index contributed by atoms with van der Waals surface area (Å²) in [6, 6.07) is 7.57. The van der Waals surface area contributed by atoms with Crippen molar-refractivity contribution in [2.45, 2.75) is 34.1 Å². The Morgan fingerprint density at radius 1 is 1.16 bits per heavy atom. The van der Waals surface area contributed by atoms with Crippen molar-refractivity contribution in [1.82, 2.24) is 4.90 Å². The number of hydrogen-bond donors (Lipinski definition) is 1. The van der Waals surface area contributed by atoms with Gasteiger partial charge in [0.2, 0.25) is 5.91 Å². The molecule has 0 fully saturated rings. The largest absolute Gasteiger partial charge is 0.399 e. The number of hydrogen-bond acceptors (Lipinski definition) is 2.